The third-order valence-electron chi connectivity index (χ3n) is 3.66. The fourth-order valence-electron chi connectivity index (χ4n) is 2.63. The predicted molar refractivity (Wildman–Crippen MR) is 73.5 cm³/mol. The maximum atomic E-state index is 4.30. The highest BCUT2D eigenvalue weighted by atomic mass is 15.1. The van der Waals surface area contributed by atoms with Gasteiger partial charge in [-0.05, 0) is 43.6 Å². The van der Waals surface area contributed by atoms with Gasteiger partial charge < -0.3 is 15.2 Å². The molecule has 0 spiro atoms. The second-order valence-corrected chi connectivity index (χ2v) is 4.94. The highest BCUT2D eigenvalue weighted by Crippen LogP contribution is 2.15. The molecule has 3 heterocycles. The zero-order chi connectivity index (χ0) is 12.2. The monoisotopic (exact) mass is 244 g/mol. The van der Waals surface area contributed by atoms with Crippen molar-refractivity contribution in [3.63, 3.8) is 0 Å². The van der Waals surface area contributed by atoms with Crippen molar-refractivity contribution >= 4 is 11.0 Å². The van der Waals surface area contributed by atoms with E-state index in [1.54, 1.807) is 0 Å². The molecule has 0 atom stereocenters. The lowest BCUT2D eigenvalue weighted by Crippen LogP contribution is -2.29. The molecule has 2 aromatic rings. The van der Waals surface area contributed by atoms with Crippen molar-refractivity contribution in [2.24, 2.45) is 0 Å². The van der Waals surface area contributed by atoms with Crippen LogP contribution in [0.15, 0.2) is 24.5 Å². The number of likely N-dealkylation sites (tertiary alicyclic amines) is 1. The molecule has 2 aromatic heterocycles. The fourth-order valence-corrected chi connectivity index (χ4v) is 2.63. The third kappa shape index (κ3) is 2.54. The van der Waals surface area contributed by atoms with E-state index in [0.717, 1.165) is 18.7 Å². The van der Waals surface area contributed by atoms with Crippen molar-refractivity contribution in [2.75, 3.05) is 26.2 Å². The first-order valence-electron chi connectivity index (χ1n) is 6.77. The van der Waals surface area contributed by atoms with E-state index in [2.05, 4.69) is 32.4 Å². The fraction of sp³-hybridized carbons (Fsp3) is 0.500. The molecule has 4 heteroatoms. The van der Waals surface area contributed by atoms with Crippen LogP contribution < -0.4 is 5.32 Å². The van der Waals surface area contributed by atoms with E-state index in [0.29, 0.717) is 0 Å². The second kappa shape index (κ2) is 5.50. The number of nitrogens with one attached hydrogen (secondary N) is 2. The Labute approximate surface area is 107 Å². The summed E-state index contributed by atoms with van der Waals surface area (Å²) in [5, 5.41) is 4.75. The summed E-state index contributed by atoms with van der Waals surface area (Å²) in [4.78, 5) is 10.0. The summed E-state index contributed by atoms with van der Waals surface area (Å²) in [5.74, 6) is 0. The third-order valence-corrected chi connectivity index (χ3v) is 3.66. The SMILES string of the molecule is c1cnc2[nH]cc(CNCCN3CCCC3)c2c1. The maximum absolute atomic E-state index is 4.30. The van der Waals surface area contributed by atoms with E-state index in [-0.39, 0.29) is 0 Å². The number of aromatic amines is 1. The Bertz CT molecular complexity index is 499. The first kappa shape index (κ1) is 11.7. The summed E-state index contributed by atoms with van der Waals surface area (Å²) in [7, 11) is 0. The Morgan fingerprint density at radius 3 is 3.11 bits per heavy atom. The molecule has 0 amide bonds. The molecule has 3 rings (SSSR count). The van der Waals surface area contributed by atoms with Gasteiger partial charge in [-0.25, -0.2) is 4.98 Å². The zero-order valence-corrected chi connectivity index (χ0v) is 10.7. The van der Waals surface area contributed by atoms with Gasteiger partial charge >= 0.3 is 0 Å². The zero-order valence-electron chi connectivity index (χ0n) is 10.7. The normalized spacial score (nSPS) is 16.7. The van der Waals surface area contributed by atoms with E-state index < -0.39 is 0 Å². The maximum Gasteiger partial charge on any atom is 0.137 e. The van der Waals surface area contributed by atoms with Crippen LogP contribution in [-0.4, -0.2) is 41.0 Å². The first-order chi connectivity index (χ1) is 8.93. The molecule has 1 saturated heterocycles. The molecule has 0 aliphatic carbocycles. The van der Waals surface area contributed by atoms with Gasteiger partial charge in [0.25, 0.3) is 0 Å². The standard InChI is InChI=1S/C14H20N4/c1-2-8-18(7-1)9-6-15-10-12-11-17-14-13(12)4-3-5-16-14/h3-5,11,15H,1-2,6-10H2,(H,16,17). The molecule has 1 aliphatic heterocycles. The molecule has 18 heavy (non-hydrogen) atoms. The molecule has 2 N–H and O–H groups in total. The summed E-state index contributed by atoms with van der Waals surface area (Å²) in [6.07, 6.45) is 6.62. The molecule has 96 valence electrons. The smallest absolute Gasteiger partial charge is 0.137 e. The molecule has 4 nitrogen and oxygen atoms in total. The van der Waals surface area contributed by atoms with Gasteiger partial charge in [-0.1, -0.05) is 0 Å². The Morgan fingerprint density at radius 1 is 1.33 bits per heavy atom. The number of nitrogens with zero attached hydrogens (tertiary/aromatic N) is 2. The highest BCUT2D eigenvalue weighted by Gasteiger charge is 2.10. The lowest BCUT2D eigenvalue weighted by Gasteiger charge is -2.14. The van der Waals surface area contributed by atoms with Crippen LogP contribution in [0.2, 0.25) is 0 Å². The van der Waals surface area contributed by atoms with Crippen molar-refractivity contribution in [3.8, 4) is 0 Å². The van der Waals surface area contributed by atoms with E-state index >= 15 is 0 Å². The number of hydrogen-bond donors (Lipinski definition) is 2. The van der Waals surface area contributed by atoms with E-state index in [9.17, 15) is 0 Å². The lowest BCUT2D eigenvalue weighted by atomic mass is 10.2. The number of H-pyrrole nitrogens is 1. The van der Waals surface area contributed by atoms with E-state index in [1.807, 2.05) is 12.3 Å². The molecule has 0 radical (unpaired) electrons. The Hall–Kier alpha value is -1.39. The van der Waals surface area contributed by atoms with Crippen molar-refractivity contribution in [1.82, 2.24) is 20.2 Å². The van der Waals surface area contributed by atoms with Gasteiger partial charge in [-0.3, -0.25) is 0 Å². The van der Waals surface area contributed by atoms with Crippen LogP contribution in [0, 0.1) is 0 Å². The molecule has 1 aliphatic rings. The minimum atomic E-state index is 0.916. The van der Waals surface area contributed by atoms with Crippen molar-refractivity contribution < 1.29 is 0 Å². The Kier molecular flexibility index (Phi) is 3.57. The summed E-state index contributed by atoms with van der Waals surface area (Å²) in [6, 6.07) is 4.11. The van der Waals surface area contributed by atoms with Gasteiger partial charge in [0, 0.05) is 37.4 Å². The number of rotatable bonds is 5. The first-order valence-corrected chi connectivity index (χ1v) is 6.77. The average Bonchev–Trinajstić information content (AvgIpc) is 3.04. The van der Waals surface area contributed by atoms with Gasteiger partial charge in [0.05, 0.1) is 0 Å². The number of aromatic nitrogens is 2. The number of hydrogen-bond acceptors (Lipinski definition) is 3. The quantitative estimate of drug-likeness (QED) is 0.788. The molecular weight excluding hydrogens is 224 g/mol. The van der Waals surface area contributed by atoms with Gasteiger partial charge in [-0.15, -0.1) is 0 Å². The minimum absolute atomic E-state index is 0.916. The summed E-state index contributed by atoms with van der Waals surface area (Å²) < 4.78 is 0. The van der Waals surface area contributed by atoms with Crippen molar-refractivity contribution in [1.29, 1.82) is 0 Å². The van der Waals surface area contributed by atoms with Crippen molar-refractivity contribution in [3.05, 3.63) is 30.1 Å². The topological polar surface area (TPSA) is 44.0 Å². The lowest BCUT2D eigenvalue weighted by molar-refractivity contribution is 0.336. The van der Waals surface area contributed by atoms with E-state index in [4.69, 9.17) is 0 Å². The highest BCUT2D eigenvalue weighted by molar-refractivity contribution is 5.79. The number of pyridine rings is 1. The summed E-state index contributed by atoms with van der Waals surface area (Å²) in [6.45, 7) is 5.70. The summed E-state index contributed by atoms with van der Waals surface area (Å²) in [5.41, 5.74) is 2.29. The van der Waals surface area contributed by atoms with Crippen LogP contribution in [0.3, 0.4) is 0 Å². The molecular formula is C14H20N4. The average molecular weight is 244 g/mol. The van der Waals surface area contributed by atoms with Crippen LogP contribution in [0.25, 0.3) is 11.0 Å². The molecule has 0 bridgehead atoms. The molecule has 0 aromatic carbocycles. The van der Waals surface area contributed by atoms with Crippen LogP contribution >= 0.6 is 0 Å². The second-order valence-electron chi connectivity index (χ2n) is 4.94. The van der Waals surface area contributed by atoms with E-state index in [1.165, 1.54) is 43.4 Å². The van der Waals surface area contributed by atoms with Gasteiger partial charge in [0.1, 0.15) is 5.65 Å². The number of fused-ring (bicyclic) bond motifs is 1. The largest absolute Gasteiger partial charge is 0.346 e. The van der Waals surface area contributed by atoms with Crippen molar-refractivity contribution in [2.45, 2.75) is 19.4 Å². The van der Waals surface area contributed by atoms with Gasteiger partial charge in [0.2, 0.25) is 0 Å². The van der Waals surface area contributed by atoms with Crippen LogP contribution in [-0.2, 0) is 6.54 Å². The Balaban J connectivity index is 1.50. The molecule has 1 fully saturated rings. The molecule has 0 unspecified atom stereocenters. The Morgan fingerprint density at radius 2 is 2.22 bits per heavy atom. The van der Waals surface area contributed by atoms with Crippen LogP contribution in [0.4, 0.5) is 0 Å². The minimum Gasteiger partial charge on any atom is -0.346 e. The van der Waals surface area contributed by atoms with Crippen LogP contribution in [0.1, 0.15) is 18.4 Å². The van der Waals surface area contributed by atoms with Gasteiger partial charge in [0.15, 0.2) is 0 Å². The predicted octanol–water partition coefficient (Wildman–Crippen LogP) is 1.75. The molecule has 0 saturated carbocycles. The van der Waals surface area contributed by atoms with Crippen LogP contribution in [0.5, 0.6) is 0 Å². The van der Waals surface area contributed by atoms with Gasteiger partial charge in [-0.2, -0.15) is 0 Å². The summed E-state index contributed by atoms with van der Waals surface area (Å²) >= 11 is 0.